The molecular formula is C14H28N4O2. The van der Waals surface area contributed by atoms with E-state index in [0.29, 0.717) is 6.54 Å². The van der Waals surface area contributed by atoms with E-state index in [4.69, 9.17) is 5.73 Å². The number of nitrogens with one attached hydrogen (secondary N) is 2. The Morgan fingerprint density at radius 2 is 1.85 bits per heavy atom. The van der Waals surface area contributed by atoms with Gasteiger partial charge in [-0.25, -0.2) is 0 Å². The molecule has 1 rings (SSSR count). The lowest BCUT2D eigenvalue weighted by atomic mass is 9.86. The quantitative estimate of drug-likeness (QED) is 0.660. The monoisotopic (exact) mass is 284 g/mol. The van der Waals surface area contributed by atoms with Gasteiger partial charge in [0.15, 0.2) is 0 Å². The van der Waals surface area contributed by atoms with Crippen LogP contribution in [-0.4, -0.2) is 55.5 Å². The van der Waals surface area contributed by atoms with Crippen molar-refractivity contribution >= 4 is 11.8 Å². The number of hydrogen-bond donors (Lipinski definition) is 3. The second kappa shape index (κ2) is 7.04. The Hall–Kier alpha value is -1.14. The number of rotatable bonds is 4. The highest BCUT2D eigenvalue weighted by Gasteiger charge is 2.30. The highest BCUT2D eigenvalue weighted by molar-refractivity contribution is 5.82. The summed E-state index contributed by atoms with van der Waals surface area (Å²) in [5.74, 6) is -0.0514. The van der Waals surface area contributed by atoms with Gasteiger partial charge in [-0.1, -0.05) is 20.8 Å². The minimum Gasteiger partial charge on any atom is -0.358 e. The molecule has 0 saturated carbocycles. The van der Waals surface area contributed by atoms with E-state index in [-0.39, 0.29) is 23.3 Å². The minimum absolute atomic E-state index is 0.0299. The molecule has 0 bridgehead atoms. The number of carbonyl (C=O) groups is 2. The lowest BCUT2D eigenvalue weighted by Gasteiger charge is -2.33. The predicted octanol–water partition coefficient (Wildman–Crippen LogP) is -0.314. The summed E-state index contributed by atoms with van der Waals surface area (Å²) in [6.07, 6.45) is 1.72. The van der Waals surface area contributed by atoms with Gasteiger partial charge < -0.3 is 16.4 Å². The van der Waals surface area contributed by atoms with Gasteiger partial charge in [0, 0.05) is 26.2 Å². The van der Waals surface area contributed by atoms with Crippen molar-refractivity contribution in [3.8, 4) is 0 Å². The number of nitrogens with zero attached hydrogens (tertiary/aromatic N) is 1. The molecule has 4 N–H and O–H groups in total. The van der Waals surface area contributed by atoms with Gasteiger partial charge in [0.05, 0.1) is 12.6 Å². The molecule has 20 heavy (non-hydrogen) atoms. The topological polar surface area (TPSA) is 87.5 Å². The number of likely N-dealkylation sites (N-methyl/N-ethyl adjacent to an activating group) is 1. The van der Waals surface area contributed by atoms with Crippen LogP contribution >= 0.6 is 0 Å². The molecule has 1 heterocycles. The van der Waals surface area contributed by atoms with Crippen LogP contribution in [-0.2, 0) is 9.59 Å². The van der Waals surface area contributed by atoms with Crippen molar-refractivity contribution in [2.45, 2.75) is 45.7 Å². The Kier molecular flexibility index (Phi) is 5.95. The predicted molar refractivity (Wildman–Crippen MR) is 79.1 cm³/mol. The summed E-state index contributed by atoms with van der Waals surface area (Å²) in [6, 6.07) is -0.330. The lowest BCUT2D eigenvalue weighted by molar-refractivity contribution is -0.126. The summed E-state index contributed by atoms with van der Waals surface area (Å²) in [7, 11) is 1.64. The fraction of sp³-hybridized carbons (Fsp3) is 0.857. The van der Waals surface area contributed by atoms with E-state index < -0.39 is 6.04 Å². The van der Waals surface area contributed by atoms with Crippen LogP contribution < -0.4 is 16.4 Å². The average molecular weight is 284 g/mol. The third-order valence-corrected chi connectivity index (χ3v) is 3.80. The Balaban J connectivity index is 2.36. The third kappa shape index (κ3) is 5.09. The Labute approximate surface area is 121 Å². The molecule has 1 aliphatic rings. The van der Waals surface area contributed by atoms with Gasteiger partial charge in [-0.05, 0) is 18.3 Å². The first-order chi connectivity index (χ1) is 9.24. The smallest absolute Gasteiger partial charge is 0.237 e. The number of likely N-dealkylation sites (tertiary alicyclic amines) is 1. The van der Waals surface area contributed by atoms with Crippen LogP contribution in [0.5, 0.6) is 0 Å². The van der Waals surface area contributed by atoms with Gasteiger partial charge in [0.25, 0.3) is 0 Å². The summed E-state index contributed by atoms with van der Waals surface area (Å²) in [6.45, 7) is 7.96. The van der Waals surface area contributed by atoms with Crippen molar-refractivity contribution in [3.63, 3.8) is 0 Å². The van der Waals surface area contributed by atoms with Gasteiger partial charge in [-0.15, -0.1) is 0 Å². The molecule has 6 nitrogen and oxygen atoms in total. The van der Waals surface area contributed by atoms with E-state index in [1.807, 2.05) is 20.8 Å². The standard InChI is InChI=1S/C14H28N4O2/c1-14(2,3)12(15)13(20)17-10-5-7-18(8-6-10)9-11(19)16-4/h10,12H,5-9,15H2,1-4H3,(H,16,19)(H,17,20)/t12-/m1/s1. The minimum atomic E-state index is -0.494. The fourth-order valence-electron chi connectivity index (χ4n) is 2.20. The molecule has 1 saturated heterocycles. The molecular weight excluding hydrogens is 256 g/mol. The summed E-state index contributed by atoms with van der Waals surface area (Å²) >= 11 is 0. The maximum atomic E-state index is 12.0. The summed E-state index contributed by atoms with van der Waals surface area (Å²) < 4.78 is 0. The van der Waals surface area contributed by atoms with Crippen LogP contribution in [0.2, 0.25) is 0 Å². The number of nitrogens with two attached hydrogens (primary N) is 1. The zero-order valence-corrected chi connectivity index (χ0v) is 13.0. The largest absolute Gasteiger partial charge is 0.358 e. The van der Waals surface area contributed by atoms with Crippen LogP contribution in [0.1, 0.15) is 33.6 Å². The summed E-state index contributed by atoms with van der Waals surface area (Å²) in [5.41, 5.74) is 5.72. The average Bonchev–Trinajstić information content (AvgIpc) is 2.38. The zero-order chi connectivity index (χ0) is 15.3. The first-order valence-electron chi connectivity index (χ1n) is 7.23. The first-order valence-corrected chi connectivity index (χ1v) is 7.23. The molecule has 0 aromatic heterocycles. The van der Waals surface area contributed by atoms with Crippen LogP contribution in [0.15, 0.2) is 0 Å². The van der Waals surface area contributed by atoms with E-state index >= 15 is 0 Å². The molecule has 1 fully saturated rings. The molecule has 0 aromatic rings. The third-order valence-electron chi connectivity index (χ3n) is 3.80. The van der Waals surface area contributed by atoms with Crippen molar-refractivity contribution < 1.29 is 9.59 Å². The first kappa shape index (κ1) is 16.9. The second-order valence-electron chi connectivity index (χ2n) is 6.58. The van der Waals surface area contributed by atoms with Crippen molar-refractivity contribution in [2.24, 2.45) is 11.1 Å². The van der Waals surface area contributed by atoms with Gasteiger partial charge in [0.2, 0.25) is 11.8 Å². The van der Waals surface area contributed by atoms with Crippen molar-refractivity contribution in [1.82, 2.24) is 15.5 Å². The van der Waals surface area contributed by atoms with Crippen LogP contribution in [0.3, 0.4) is 0 Å². The van der Waals surface area contributed by atoms with Crippen molar-refractivity contribution in [3.05, 3.63) is 0 Å². The molecule has 6 heteroatoms. The molecule has 1 atom stereocenters. The van der Waals surface area contributed by atoms with Crippen LogP contribution in [0.25, 0.3) is 0 Å². The van der Waals surface area contributed by atoms with E-state index in [2.05, 4.69) is 15.5 Å². The van der Waals surface area contributed by atoms with Crippen LogP contribution in [0, 0.1) is 5.41 Å². The normalized spacial score (nSPS) is 19.4. The molecule has 116 valence electrons. The zero-order valence-electron chi connectivity index (χ0n) is 13.0. The fourth-order valence-corrected chi connectivity index (χ4v) is 2.20. The maximum absolute atomic E-state index is 12.0. The molecule has 0 aliphatic carbocycles. The highest BCUT2D eigenvalue weighted by atomic mass is 16.2. The molecule has 0 aromatic carbocycles. The van der Waals surface area contributed by atoms with Gasteiger partial charge in [-0.2, -0.15) is 0 Å². The molecule has 0 radical (unpaired) electrons. The Morgan fingerprint density at radius 1 is 1.30 bits per heavy atom. The Bertz CT molecular complexity index is 344. The van der Waals surface area contributed by atoms with Gasteiger partial charge >= 0.3 is 0 Å². The van der Waals surface area contributed by atoms with E-state index in [9.17, 15) is 9.59 Å². The number of hydrogen-bond acceptors (Lipinski definition) is 4. The molecule has 1 aliphatic heterocycles. The van der Waals surface area contributed by atoms with Gasteiger partial charge in [0.1, 0.15) is 0 Å². The van der Waals surface area contributed by atoms with E-state index in [1.165, 1.54) is 0 Å². The van der Waals surface area contributed by atoms with Crippen LogP contribution in [0.4, 0.5) is 0 Å². The van der Waals surface area contributed by atoms with Crippen molar-refractivity contribution in [1.29, 1.82) is 0 Å². The van der Waals surface area contributed by atoms with Gasteiger partial charge in [-0.3, -0.25) is 14.5 Å². The molecule has 2 amide bonds. The Morgan fingerprint density at radius 3 is 2.30 bits per heavy atom. The summed E-state index contributed by atoms with van der Waals surface area (Å²) in [4.78, 5) is 25.5. The highest BCUT2D eigenvalue weighted by Crippen LogP contribution is 2.18. The number of carbonyl (C=O) groups excluding carboxylic acids is 2. The molecule has 0 unspecified atom stereocenters. The number of amides is 2. The van der Waals surface area contributed by atoms with E-state index in [0.717, 1.165) is 25.9 Å². The lowest BCUT2D eigenvalue weighted by Crippen LogP contribution is -2.54. The number of piperidine rings is 1. The van der Waals surface area contributed by atoms with E-state index in [1.54, 1.807) is 7.05 Å². The van der Waals surface area contributed by atoms with Crippen molar-refractivity contribution in [2.75, 3.05) is 26.7 Å². The maximum Gasteiger partial charge on any atom is 0.237 e. The SMILES string of the molecule is CNC(=O)CN1CCC(NC(=O)[C@@H](N)C(C)(C)C)CC1. The summed E-state index contributed by atoms with van der Waals surface area (Å²) in [5, 5.41) is 5.64. The second-order valence-corrected chi connectivity index (χ2v) is 6.58. The molecule has 0 spiro atoms.